The molecular formula is C18H20O4. The van der Waals surface area contributed by atoms with Crippen molar-refractivity contribution in [2.75, 3.05) is 0 Å². The molecule has 22 heavy (non-hydrogen) atoms. The SMILES string of the molecule is CCC(=O)O.CCC(=O)O.c1ccc2c(c1)-c1ccccc1-2. The highest BCUT2D eigenvalue weighted by atomic mass is 16.4. The maximum absolute atomic E-state index is 9.37. The van der Waals surface area contributed by atoms with Gasteiger partial charge in [0.2, 0.25) is 0 Å². The molecule has 0 unspecified atom stereocenters. The predicted octanol–water partition coefficient (Wildman–Crippen LogP) is 4.30. The molecule has 4 heteroatoms. The smallest absolute Gasteiger partial charge is 0.303 e. The second-order valence-electron chi connectivity index (χ2n) is 4.59. The summed E-state index contributed by atoms with van der Waals surface area (Å²) < 4.78 is 0. The van der Waals surface area contributed by atoms with Crippen LogP contribution in [0.4, 0.5) is 0 Å². The third kappa shape index (κ3) is 4.74. The van der Waals surface area contributed by atoms with Crippen molar-refractivity contribution in [2.24, 2.45) is 0 Å². The van der Waals surface area contributed by atoms with Crippen molar-refractivity contribution in [2.45, 2.75) is 26.7 Å². The topological polar surface area (TPSA) is 74.6 Å². The summed E-state index contributed by atoms with van der Waals surface area (Å²) in [6, 6.07) is 17.1. The number of aliphatic carboxylic acids is 2. The number of hydrogen-bond acceptors (Lipinski definition) is 2. The summed E-state index contributed by atoms with van der Waals surface area (Å²) in [6.45, 7) is 3.20. The third-order valence-corrected chi connectivity index (χ3v) is 3.04. The summed E-state index contributed by atoms with van der Waals surface area (Å²) in [4.78, 5) is 18.7. The van der Waals surface area contributed by atoms with E-state index in [0.29, 0.717) is 0 Å². The van der Waals surface area contributed by atoms with E-state index in [9.17, 15) is 9.59 Å². The molecule has 0 fully saturated rings. The van der Waals surface area contributed by atoms with Crippen LogP contribution in [0, 0.1) is 0 Å². The standard InChI is InChI=1S/C12H8.2C3H6O2/c1-2-6-10-9(5-1)11-7-3-4-8-12(10)11;2*1-2-3(4)5/h1-8H;2*2H2,1H3,(H,4,5). The van der Waals surface area contributed by atoms with Crippen molar-refractivity contribution in [3.05, 3.63) is 48.5 Å². The lowest BCUT2D eigenvalue weighted by Gasteiger charge is -2.22. The van der Waals surface area contributed by atoms with Crippen molar-refractivity contribution in [3.63, 3.8) is 0 Å². The van der Waals surface area contributed by atoms with Crippen LogP contribution in [-0.4, -0.2) is 22.2 Å². The number of hydrogen-bond donors (Lipinski definition) is 2. The summed E-state index contributed by atoms with van der Waals surface area (Å²) in [6.07, 6.45) is 0.444. The van der Waals surface area contributed by atoms with Crippen molar-refractivity contribution in [1.29, 1.82) is 0 Å². The van der Waals surface area contributed by atoms with E-state index in [4.69, 9.17) is 10.2 Å². The highest BCUT2D eigenvalue weighted by Crippen LogP contribution is 2.46. The molecule has 0 atom stereocenters. The molecular weight excluding hydrogens is 280 g/mol. The molecule has 0 heterocycles. The largest absolute Gasteiger partial charge is 0.481 e. The van der Waals surface area contributed by atoms with Crippen LogP contribution in [0.5, 0.6) is 0 Å². The Hall–Kier alpha value is -2.62. The van der Waals surface area contributed by atoms with Crippen molar-refractivity contribution in [1.82, 2.24) is 0 Å². The van der Waals surface area contributed by atoms with Gasteiger partial charge in [0.1, 0.15) is 0 Å². The normalized spacial score (nSPS) is 9.55. The van der Waals surface area contributed by atoms with Gasteiger partial charge in [-0.25, -0.2) is 0 Å². The third-order valence-electron chi connectivity index (χ3n) is 3.04. The number of benzene rings is 2. The summed E-state index contributed by atoms with van der Waals surface area (Å²) >= 11 is 0. The van der Waals surface area contributed by atoms with E-state index in [1.807, 2.05) is 0 Å². The molecule has 0 saturated heterocycles. The lowest BCUT2D eigenvalue weighted by molar-refractivity contribution is -0.137. The Bertz CT molecular complexity index is 533. The van der Waals surface area contributed by atoms with Crippen LogP contribution in [0.2, 0.25) is 0 Å². The van der Waals surface area contributed by atoms with Gasteiger partial charge in [-0.15, -0.1) is 0 Å². The zero-order valence-electron chi connectivity index (χ0n) is 12.7. The molecule has 0 amide bonds. The molecule has 0 bridgehead atoms. The number of fused-ring (bicyclic) bond motifs is 4. The lowest BCUT2D eigenvalue weighted by atomic mass is 9.81. The van der Waals surface area contributed by atoms with E-state index in [2.05, 4.69) is 48.5 Å². The summed E-state index contributed by atoms with van der Waals surface area (Å²) in [5.74, 6) is -1.49. The first kappa shape index (κ1) is 17.4. The number of carbonyl (C=O) groups is 2. The Labute approximate surface area is 130 Å². The molecule has 2 N–H and O–H groups in total. The number of carboxylic acid groups (broad SMARTS) is 2. The minimum Gasteiger partial charge on any atom is -0.481 e. The van der Waals surface area contributed by atoms with Crippen LogP contribution < -0.4 is 0 Å². The maximum Gasteiger partial charge on any atom is 0.303 e. The van der Waals surface area contributed by atoms with Crippen LogP contribution >= 0.6 is 0 Å². The van der Waals surface area contributed by atoms with Gasteiger partial charge in [0.05, 0.1) is 0 Å². The van der Waals surface area contributed by atoms with E-state index < -0.39 is 11.9 Å². The maximum atomic E-state index is 9.37. The van der Waals surface area contributed by atoms with Gasteiger partial charge < -0.3 is 10.2 Å². The zero-order valence-corrected chi connectivity index (χ0v) is 12.7. The molecule has 0 aliphatic heterocycles. The molecule has 0 radical (unpaired) electrons. The molecule has 1 aliphatic carbocycles. The Morgan fingerprint density at radius 1 is 0.682 bits per heavy atom. The Balaban J connectivity index is 0.000000206. The van der Waals surface area contributed by atoms with Gasteiger partial charge in [-0.05, 0) is 22.3 Å². The van der Waals surface area contributed by atoms with Gasteiger partial charge in [0, 0.05) is 12.8 Å². The Morgan fingerprint density at radius 3 is 1.00 bits per heavy atom. The van der Waals surface area contributed by atoms with Crippen molar-refractivity contribution in [3.8, 4) is 22.3 Å². The Morgan fingerprint density at radius 2 is 0.864 bits per heavy atom. The highest BCUT2D eigenvalue weighted by molar-refractivity contribution is 6.02. The molecule has 4 nitrogen and oxygen atoms in total. The molecule has 2 aromatic carbocycles. The highest BCUT2D eigenvalue weighted by Gasteiger charge is 2.19. The zero-order chi connectivity index (χ0) is 16.5. The van der Waals surface area contributed by atoms with Crippen molar-refractivity contribution < 1.29 is 19.8 Å². The van der Waals surface area contributed by atoms with Crippen LogP contribution in [0.25, 0.3) is 22.3 Å². The van der Waals surface area contributed by atoms with E-state index in [1.165, 1.54) is 22.3 Å². The average Bonchev–Trinajstić information content (AvgIpc) is 2.53. The quantitative estimate of drug-likeness (QED) is 0.740. The minimum absolute atomic E-state index is 0.222. The predicted molar refractivity (Wildman–Crippen MR) is 86.7 cm³/mol. The second kappa shape index (κ2) is 8.62. The summed E-state index contributed by atoms with van der Waals surface area (Å²) in [7, 11) is 0. The lowest BCUT2D eigenvalue weighted by Crippen LogP contribution is -1.96. The molecule has 3 rings (SSSR count). The second-order valence-corrected chi connectivity index (χ2v) is 4.59. The van der Waals surface area contributed by atoms with Crippen LogP contribution in [0.1, 0.15) is 26.7 Å². The van der Waals surface area contributed by atoms with Gasteiger partial charge in [0.25, 0.3) is 0 Å². The first-order valence-electron chi connectivity index (χ1n) is 7.13. The van der Waals surface area contributed by atoms with E-state index in [0.717, 1.165) is 0 Å². The average molecular weight is 300 g/mol. The molecule has 2 aromatic rings. The number of carboxylic acids is 2. The molecule has 0 saturated carbocycles. The van der Waals surface area contributed by atoms with E-state index in [-0.39, 0.29) is 12.8 Å². The summed E-state index contributed by atoms with van der Waals surface area (Å²) in [5.41, 5.74) is 5.59. The fourth-order valence-electron chi connectivity index (χ4n) is 1.84. The van der Waals surface area contributed by atoms with Gasteiger partial charge in [-0.3, -0.25) is 9.59 Å². The van der Waals surface area contributed by atoms with Crippen LogP contribution in [-0.2, 0) is 9.59 Å². The minimum atomic E-state index is -0.745. The Kier molecular flexibility index (Phi) is 6.83. The van der Waals surface area contributed by atoms with Gasteiger partial charge in [-0.1, -0.05) is 62.4 Å². The van der Waals surface area contributed by atoms with Gasteiger partial charge in [0.15, 0.2) is 0 Å². The molecule has 1 aliphatic rings. The molecule has 0 aromatic heterocycles. The number of rotatable bonds is 2. The summed E-state index contributed by atoms with van der Waals surface area (Å²) in [5, 5.41) is 15.4. The van der Waals surface area contributed by atoms with Crippen molar-refractivity contribution >= 4 is 11.9 Å². The van der Waals surface area contributed by atoms with Gasteiger partial charge >= 0.3 is 11.9 Å². The van der Waals surface area contributed by atoms with Crippen LogP contribution in [0.15, 0.2) is 48.5 Å². The molecule has 116 valence electrons. The van der Waals surface area contributed by atoms with Crippen LogP contribution in [0.3, 0.4) is 0 Å². The van der Waals surface area contributed by atoms with E-state index in [1.54, 1.807) is 13.8 Å². The van der Waals surface area contributed by atoms with Gasteiger partial charge in [-0.2, -0.15) is 0 Å². The first-order valence-corrected chi connectivity index (χ1v) is 7.13. The van der Waals surface area contributed by atoms with E-state index >= 15 is 0 Å². The fraction of sp³-hybridized carbons (Fsp3) is 0.222. The fourth-order valence-corrected chi connectivity index (χ4v) is 1.84. The monoisotopic (exact) mass is 300 g/mol. The first-order chi connectivity index (χ1) is 10.5. The molecule has 0 spiro atoms.